The summed E-state index contributed by atoms with van der Waals surface area (Å²) < 4.78 is 18.9. The van der Waals surface area contributed by atoms with E-state index in [9.17, 15) is 0 Å². The van der Waals surface area contributed by atoms with Gasteiger partial charge in [-0.25, -0.2) is 4.99 Å². The van der Waals surface area contributed by atoms with Gasteiger partial charge in [0.1, 0.15) is 17.4 Å². The molecule has 0 radical (unpaired) electrons. The number of aliphatic imine (C=N–C) groups is 1. The van der Waals surface area contributed by atoms with E-state index in [-0.39, 0.29) is 29.3 Å². The van der Waals surface area contributed by atoms with Crippen LogP contribution in [0, 0.1) is 0 Å². The number of rotatable bonds is 6. The average molecular weight is 491 g/mol. The molecule has 6 atom stereocenters. The Balaban J connectivity index is 1.51. The van der Waals surface area contributed by atoms with Crippen LogP contribution in [-0.2, 0) is 15.7 Å². The molecule has 1 spiro atoms. The smallest absolute Gasteiger partial charge is 0.217 e. The van der Waals surface area contributed by atoms with Gasteiger partial charge in [-0.2, -0.15) is 0 Å². The van der Waals surface area contributed by atoms with E-state index in [0.29, 0.717) is 5.90 Å². The zero-order chi connectivity index (χ0) is 25.2. The topological polar surface area (TPSA) is 43.1 Å². The van der Waals surface area contributed by atoms with Crippen molar-refractivity contribution in [2.45, 2.75) is 82.2 Å². The number of piperidine rings is 1. The minimum Gasteiger partial charge on any atom is -0.497 e. The molecule has 2 aliphatic heterocycles. The van der Waals surface area contributed by atoms with Crippen LogP contribution in [0.3, 0.4) is 0 Å². The normalized spacial score (nSPS) is 31.8. The van der Waals surface area contributed by atoms with Crippen LogP contribution in [0.5, 0.6) is 5.75 Å². The summed E-state index contributed by atoms with van der Waals surface area (Å²) in [5.74, 6) is 1.59. The molecule has 5 rings (SSSR count). The van der Waals surface area contributed by atoms with Crippen molar-refractivity contribution in [3.05, 3.63) is 77.9 Å². The van der Waals surface area contributed by atoms with Gasteiger partial charge in [0.15, 0.2) is 8.32 Å². The van der Waals surface area contributed by atoms with E-state index in [0.717, 1.165) is 23.4 Å². The second kappa shape index (κ2) is 8.32. The fourth-order valence-corrected chi connectivity index (χ4v) is 6.73. The second-order valence-corrected chi connectivity index (χ2v) is 16.4. The van der Waals surface area contributed by atoms with Gasteiger partial charge in [0.25, 0.3) is 0 Å². The van der Waals surface area contributed by atoms with Crippen LogP contribution in [0.1, 0.15) is 38.8 Å². The van der Waals surface area contributed by atoms with Gasteiger partial charge in [-0.05, 0) is 60.5 Å². The van der Waals surface area contributed by atoms with Crippen molar-refractivity contribution in [3.8, 4) is 5.75 Å². The number of hydrogen-bond acceptors (Lipinski definition) is 5. The summed E-state index contributed by atoms with van der Waals surface area (Å²) in [5, 5.41) is 0.0959. The van der Waals surface area contributed by atoms with Crippen molar-refractivity contribution in [2.24, 2.45) is 4.99 Å². The maximum absolute atomic E-state index is 7.11. The molecule has 2 aromatic carbocycles. The first-order valence-electron chi connectivity index (χ1n) is 12.6. The van der Waals surface area contributed by atoms with Crippen molar-refractivity contribution in [1.82, 2.24) is 4.90 Å². The molecule has 3 aliphatic rings. The van der Waals surface area contributed by atoms with Gasteiger partial charge >= 0.3 is 0 Å². The minimum atomic E-state index is -2.07. The number of benzene rings is 2. The van der Waals surface area contributed by atoms with E-state index in [2.05, 4.69) is 76.5 Å². The highest BCUT2D eigenvalue weighted by atomic mass is 28.4. The summed E-state index contributed by atoms with van der Waals surface area (Å²) >= 11 is 0. The van der Waals surface area contributed by atoms with Gasteiger partial charge in [-0.3, -0.25) is 4.90 Å². The number of fused-ring (bicyclic) bond motifs is 2. The number of hydrogen-bond donors (Lipinski definition) is 0. The van der Waals surface area contributed by atoms with Gasteiger partial charge < -0.3 is 13.9 Å². The molecule has 1 saturated carbocycles. The molecule has 5 nitrogen and oxygen atoms in total. The van der Waals surface area contributed by atoms with Crippen molar-refractivity contribution in [2.75, 3.05) is 7.11 Å². The molecule has 4 unspecified atom stereocenters. The van der Waals surface area contributed by atoms with E-state index >= 15 is 0 Å². The summed E-state index contributed by atoms with van der Waals surface area (Å²) in [5.41, 5.74) is 2.90. The first-order valence-corrected chi connectivity index (χ1v) is 15.5. The van der Waals surface area contributed by atoms with Crippen LogP contribution in [0.2, 0.25) is 18.1 Å². The van der Waals surface area contributed by atoms with Gasteiger partial charge in [-0.15, -0.1) is 0 Å². The van der Waals surface area contributed by atoms with Crippen molar-refractivity contribution in [1.29, 1.82) is 0 Å². The molecule has 2 fully saturated rings. The standard InChI is InChI=1S/C29H38N2O3Si/c1-19-24-25(31(24)18-21-14-16-23(32-6)17-15-21)29(26(19)34-35(7,8)28(3,4)5)20(2)33-27(30-29)22-12-10-9-11-13-22/h9-17,20,24-26H,1,18H2,2-8H3/t20?,24-,25?,26?,29-,31?/m0/s1. The van der Waals surface area contributed by atoms with Crippen LogP contribution in [0.15, 0.2) is 71.7 Å². The predicted octanol–water partition coefficient (Wildman–Crippen LogP) is 5.81. The second-order valence-electron chi connectivity index (χ2n) is 11.7. The van der Waals surface area contributed by atoms with Crippen LogP contribution in [-0.4, -0.2) is 56.1 Å². The molecule has 186 valence electrons. The first-order chi connectivity index (χ1) is 16.5. The molecule has 6 heteroatoms. The van der Waals surface area contributed by atoms with E-state index < -0.39 is 13.9 Å². The molecule has 2 aromatic rings. The lowest BCUT2D eigenvalue weighted by Crippen LogP contribution is -2.57. The Kier molecular flexibility index (Phi) is 5.78. The van der Waals surface area contributed by atoms with Gasteiger partial charge in [0, 0.05) is 12.1 Å². The number of nitrogens with zero attached hydrogens (tertiary/aromatic N) is 2. The molecule has 1 saturated heterocycles. The fourth-order valence-electron chi connectivity index (χ4n) is 5.44. The largest absolute Gasteiger partial charge is 0.497 e. The quantitative estimate of drug-likeness (QED) is 0.291. The van der Waals surface area contributed by atoms with Crippen LogP contribution in [0.4, 0.5) is 0 Å². The SMILES string of the molecule is C=C1C(O[Si](C)(C)C(C)(C)C)[C@@]2(N=C(c3ccccc3)OC2C)C2[C@H]1N2Cc1ccc(OC)cc1. The number of likely N-dealkylation sites (tertiary alicyclic amines) is 1. The zero-order valence-corrected chi connectivity index (χ0v) is 23.0. The van der Waals surface area contributed by atoms with Gasteiger partial charge in [0.2, 0.25) is 5.90 Å². The van der Waals surface area contributed by atoms with E-state index in [1.807, 2.05) is 30.3 Å². The molecule has 0 bridgehead atoms. The van der Waals surface area contributed by atoms with E-state index in [4.69, 9.17) is 18.9 Å². The third-order valence-electron chi connectivity index (χ3n) is 8.53. The average Bonchev–Trinajstić information content (AvgIpc) is 3.34. The Bertz CT molecular complexity index is 1140. The fraction of sp³-hybridized carbons (Fsp3) is 0.483. The minimum absolute atomic E-state index is 0.0959. The third kappa shape index (κ3) is 3.86. The van der Waals surface area contributed by atoms with Crippen molar-refractivity contribution >= 4 is 14.2 Å². The highest BCUT2D eigenvalue weighted by Gasteiger charge is 2.75. The maximum atomic E-state index is 7.11. The zero-order valence-electron chi connectivity index (χ0n) is 22.0. The lowest BCUT2D eigenvalue weighted by molar-refractivity contribution is 0.0519. The van der Waals surface area contributed by atoms with E-state index in [1.165, 1.54) is 5.56 Å². The molecule has 1 aliphatic carbocycles. The summed E-state index contributed by atoms with van der Waals surface area (Å²) in [6.45, 7) is 19.1. The number of methoxy groups -OCH3 is 1. The molecular weight excluding hydrogens is 452 g/mol. The maximum Gasteiger partial charge on any atom is 0.217 e. The molecular formula is C29H38N2O3Si. The Morgan fingerprint density at radius 3 is 2.34 bits per heavy atom. The lowest BCUT2D eigenvalue weighted by Gasteiger charge is -2.44. The summed E-state index contributed by atoms with van der Waals surface area (Å²) in [4.78, 5) is 7.89. The summed E-state index contributed by atoms with van der Waals surface area (Å²) in [6, 6.07) is 19.0. The van der Waals surface area contributed by atoms with Gasteiger partial charge in [-0.1, -0.05) is 57.7 Å². The Labute approximate surface area is 210 Å². The molecule has 2 heterocycles. The van der Waals surface area contributed by atoms with Crippen molar-refractivity contribution in [3.63, 3.8) is 0 Å². The van der Waals surface area contributed by atoms with E-state index in [1.54, 1.807) is 7.11 Å². The first kappa shape index (κ1) is 24.3. The Morgan fingerprint density at radius 1 is 1.09 bits per heavy atom. The number of ether oxygens (including phenoxy) is 2. The highest BCUT2D eigenvalue weighted by Crippen LogP contribution is 2.59. The third-order valence-corrected chi connectivity index (χ3v) is 13.0. The molecule has 0 aromatic heterocycles. The van der Waals surface area contributed by atoms with Crippen LogP contribution < -0.4 is 4.74 Å². The summed E-state index contributed by atoms with van der Waals surface area (Å²) in [6.07, 6.45) is -0.262. The monoisotopic (exact) mass is 490 g/mol. The molecule has 35 heavy (non-hydrogen) atoms. The van der Waals surface area contributed by atoms with Crippen molar-refractivity contribution < 1.29 is 13.9 Å². The van der Waals surface area contributed by atoms with Gasteiger partial charge in [0.05, 0.1) is 25.3 Å². The molecule has 0 amide bonds. The Morgan fingerprint density at radius 2 is 1.74 bits per heavy atom. The van der Waals surface area contributed by atoms with Crippen LogP contribution in [0.25, 0.3) is 0 Å². The Hall–Kier alpha value is -2.41. The highest BCUT2D eigenvalue weighted by molar-refractivity contribution is 6.74. The lowest BCUT2D eigenvalue weighted by atomic mass is 9.87. The predicted molar refractivity (Wildman–Crippen MR) is 144 cm³/mol. The van der Waals surface area contributed by atoms with Crippen LogP contribution >= 0.6 is 0 Å². The molecule has 0 N–H and O–H groups in total. The summed E-state index contributed by atoms with van der Waals surface area (Å²) in [7, 11) is -0.372.